The summed E-state index contributed by atoms with van der Waals surface area (Å²) in [7, 11) is -4.00. The van der Waals surface area contributed by atoms with Crippen molar-refractivity contribution in [1.82, 2.24) is 9.21 Å². The van der Waals surface area contributed by atoms with E-state index in [-0.39, 0.29) is 30.1 Å². The molecule has 3 rings (SSSR count). The van der Waals surface area contributed by atoms with Crippen molar-refractivity contribution in [2.45, 2.75) is 43.0 Å². The Balaban J connectivity index is 1.72. The summed E-state index contributed by atoms with van der Waals surface area (Å²) in [6, 6.07) is 2.99. The Morgan fingerprint density at radius 3 is 2.44 bits per heavy atom. The van der Waals surface area contributed by atoms with Crippen LogP contribution in [0.1, 0.15) is 25.3 Å². The highest BCUT2D eigenvalue weighted by Crippen LogP contribution is 2.36. The predicted molar refractivity (Wildman–Crippen MR) is 95.2 cm³/mol. The average molecular weight is 427 g/mol. The molecule has 152 valence electrons. The molecule has 2 aliphatic rings. The van der Waals surface area contributed by atoms with Crippen molar-refractivity contribution in [3.63, 3.8) is 0 Å². The molecule has 1 unspecified atom stereocenters. The quantitative estimate of drug-likeness (QED) is 0.744. The molecule has 27 heavy (non-hydrogen) atoms. The normalized spacial score (nSPS) is 24.3. The van der Waals surface area contributed by atoms with Gasteiger partial charge in [0.1, 0.15) is 0 Å². The Morgan fingerprint density at radius 1 is 1.19 bits per heavy atom. The summed E-state index contributed by atoms with van der Waals surface area (Å²) in [5.41, 5.74) is -1.14. The lowest BCUT2D eigenvalue weighted by molar-refractivity contribution is -0.137. The molecule has 0 aromatic heterocycles. The van der Waals surface area contributed by atoms with Gasteiger partial charge in [-0.1, -0.05) is 11.6 Å². The number of piperidine rings is 1. The molecular formula is C17H22ClF3N2O3S. The maximum atomic E-state index is 13.0. The fraction of sp³-hybridized carbons (Fsp3) is 0.647. The van der Waals surface area contributed by atoms with Crippen LogP contribution in [0, 0.1) is 0 Å². The summed E-state index contributed by atoms with van der Waals surface area (Å²) in [6.07, 6.45) is -3.27. The van der Waals surface area contributed by atoms with Gasteiger partial charge in [0.2, 0.25) is 10.0 Å². The second-order valence-electron chi connectivity index (χ2n) is 6.95. The number of hydrogen-bond acceptors (Lipinski definition) is 4. The Morgan fingerprint density at radius 2 is 1.85 bits per heavy atom. The maximum Gasteiger partial charge on any atom is 0.417 e. The smallest absolute Gasteiger partial charge is 0.376 e. The molecule has 10 heteroatoms. The van der Waals surface area contributed by atoms with Crippen LogP contribution in [0.25, 0.3) is 0 Å². The van der Waals surface area contributed by atoms with Gasteiger partial charge < -0.3 is 4.74 Å². The van der Waals surface area contributed by atoms with E-state index >= 15 is 0 Å². The third-order valence-electron chi connectivity index (χ3n) is 5.09. The lowest BCUT2D eigenvalue weighted by Gasteiger charge is -2.41. The number of morpholine rings is 1. The number of sulfonamides is 1. The van der Waals surface area contributed by atoms with Crippen LogP contribution < -0.4 is 0 Å². The Hall–Kier alpha value is -0.870. The van der Waals surface area contributed by atoms with Crippen LogP contribution in [0.2, 0.25) is 5.02 Å². The topological polar surface area (TPSA) is 49.9 Å². The molecule has 1 aromatic rings. The SMILES string of the molecule is CC1CN(C2CCN(S(=O)(=O)c3ccc(Cl)c(C(F)(F)F)c3)CC2)CCO1. The number of nitrogens with zero attached hydrogens (tertiary/aromatic N) is 2. The summed E-state index contributed by atoms with van der Waals surface area (Å²) in [5, 5.41) is -0.512. The van der Waals surface area contributed by atoms with E-state index in [1.807, 2.05) is 6.92 Å². The first-order valence-corrected chi connectivity index (χ1v) is 10.6. The molecule has 2 heterocycles. The second-order valence-corrected chi connectivity index (χ2v) is 9.30. The van der Waals surface area contributed by atoms with Gasteiger partial charge in [0.25, 0.3) is 0 Å². The van der Waals surface area contributed by atoms with Gasteiger partial charge in [-0.25, -0.2) is 8.42 Å². The van der Waals surface area contributed by atoms with Crippen LogP contribution >= 0.6 is 11.6 Å². The highest BCUT2D eigenvalue weighted by molar-refractivity contribution is 7.89. The van der Waals surface area contributed by atoms with Crippen molar-refractivity contribution in [3.8, 4) is 0 Å². The van der Waals surface area contributed by atoms with Crippen LogP contribution in [0.15, 0.2) is 23.1 Å². The molecule has 1 atom stereocenters. The molecular weight excluding hydrogens is 405 g/mol. The van der Waals surface area contributed by atoms with Crippen LogP contribution in [0.3, 0.4) is 0 Å². The number of alkyl halides is 3. The summed E-state index contributed by atoms with van der Waals surface area (Å²) in [4.78, 5) is 1.93. The molecule has 1 aromatic carbocycles. The zero-order valence-corrected chi connectivity index (χ0v) is 16.4. The van der Waals surface area contributed by atoms with Gasteiger partial charge in [-0.05, 0) is 38.0 Å². The van der Waals surface area contributed by atoms with Crippen LogP contribution in [-0.2, 0) is 20.9 Å². The molecule has 0 radical (unpaired) electrons. The minimum absolute atomic E-state index is 0.148. The third kappa shape index (κ3) is 4.59. The number of halogens is 4. The number of hydrogen-bond donors (Lipinski definition) is 0. The van der Waals surface area contributed by atoms with Crippen LogP contribution in [0.4, 0.5) is 13.2 Å². The van der Waals surface area contributed by atoms with Gasteiger partial charge >= 0.3 is 6.18 Å². The predicted octanol–water partition coefficient (Wildman–Crippen LogP) is 3.23. The van der Waals surface area contributed by atoms with Gasteiger partial charge in [-0.3, -0.25) is 4.90 Å². The first kappa shape index (κ1) is 20.9. The van der Waals surface area contributed by atoms with Gasteiger partial charge in [0.05, 0.1) is 28.2 Å². The summed E-state index contributed by atoms with van der Waals surface area (Å²) >= 11 is 5.59. The largest absolute Gasteiger partial charge is 0.417 e. The van der Waals surface area contributed by atoms with Gasteiger partial charge in [-0.15, -0.1) is 0 Å². The molecule has 2 saturated heterocycles. The fourth-order valence-electron chi connectivity index (χ4n) is 3.66. The molecule has 2 aliphatic heterocycles. The van der Waals surface area contributed by atoms with Crippen molar-refractivity contribution in [2.75, 3.05) is 32.8 Å². The van der Waals surface area contributed by atoms with Crippen LogP contribution in [0.5, 0.6) is 0 Å². The van der Waals surface area contributed by atoms with E-state index in [0.717, 1.165) is 25.2 Å². The van der Waals surface area contributed by atoms with Gasteiger partial charge in [0, 0.05) is 32.2 Å². The Labute approximate surface area is 162 Å². The monoisotopic (exact) mass is 426 g/mol. The molecule has 5 nitrogen and oxygen atoms in total. The average Bonchev–Trinajstić information content (AvgIpc) is 2.61. The van der Waals surface area contributed by atoms with Gasteiger partial charge in [0.15, 0.2) is 0 Å². The molecule has 0 bridgehead atoms. The lowest BCUT2D eigenvalue weighted by Crippen LogP contribution is -2.51. The second kappa shape index (κ2) is 7.87. The molecule has 0 amide bonds. The van der Waals surface area contributed by atoms with E-state index in [9.17, 15) is 21.6 Å². The van der Waals surface area contributed by atoms with Crippen LogP contribution in [-0.4, -0.2) is 62.6 Å². The molecule has 0 aliphatic carbocycles. The minimum atomic E-state index is -4.71. The number of rotatable bonds is 3. The highest BCUT2D eigenvalue weighted by atomic mass is 35.5. The van der Waals surface area contributed by atoms with E-state index in [2.05, 4.69) is 4.90 Å². The maximum absolute atomic E-state index is 13.0. The minimum Gasteiger partial charge on any atom is -0.376 e. The van der Waals surface area contributed by atoms with E-state index in [0.29, 0.717) is 25.5 Å². The lowest BCUT2D eigenvalue weighted by atomic mass is 10.0. The first-order chi connectivity index (χ1) is 12.6. The zero-order valence-electron chi connectivity index (χ0n) is 14.9. The summed E-state index contributed by atoms with van der Waals surface area (Å²) < 4.78 is 71.5. The summed E-state index contributed by atoms with van der Waals surface area (Å²) in [5.74, 6) is 0. The number of benzene rings is 1. The third-order valence-corrected chi connectivity index (χ3v) is 7.32. The van der Waals surface area contributed by atoms with Crippen molar-refractivity contribution in [1.29, 1.82) is 0 Å². The summed E-state index contributed by atoms with van der Waals surface area (Å²) in [6.45, 7) is 4.85. The van der Waals surface area contributed by atoms with Gasteiger partial charge in [-0.2, -0.15) is 17.5 Å². The molecule has 2 fully saturated rings. The van der Waals surface area contributed by atoms with E-state index in [1.54, 1.807) is 0 Å². The van der Waals surface area contributed by atoms with Crippen molar-refractivity contribution >= 4 is 21.6 Å². The Kier molecular flexibility index (Phi) is 6.08. The fourth-order valence-corrected chi connectivity index (χ4v) is 5.38. The van der Waals surface area contributed by atoms with E-state index in [4.69, 9.17) is 16.3 Å². The van der Waals surface area contributed by atoms with Crippen molar-refractivity contribution in [3.05, 3.63) is 28.8 Å². The zero-order chi connectivity index (χ0) is 19.8. The van der Waals surface area contributed by atoms with E-state index < -0.39 is 26.8 Å². The molecule has 0 spiro atoms. The Bertz CT molecular complexity index is 780. The number of ether oxygens (including phenoxy) is 1. The standard InChI is InChI=1S/C17H22ClF3N2O3S/c1-12-11-22(8-9-26-12)13-4-6-23(7-5-13)27(24,25)14-2-3-16(18)15(10-14)17(19,20)21/h2-3,10,12-13H,4-9,11H2,1H3. The molecule has 0 saturated carbocycles. The first-order valence-electron chi connectivity index (χ1n) is 8.81. The van der Waals surface area contributed by atoms with Crippen molar-refractivity contribution in [2.24, 2.45) is 0 Å². The highest BCUT2D eigenvalue weighted by Gasteiger charge is 2.37. The van der Waals surface area contributed by atoms with Crippen molar-refractivity contribution < 1.29 is 26.3 Å². The van der Waals surface area contributed by atoms with E-state index in [1.165, 1.54) is 4.31 Å². The molecule has 0 N–H and O–H groups in total.